The molecule has 1 saturated heterocycles. The van der Waals surface area contributed by atoms with Crippen molar-refractivity contribution >= 4 is 22.5 Å². The fourth-order valence-corrected chi connectivity index (χ4v) is 5.00. The molecule has 0 unspecified atom stereocenters. The van der Waals surface area contributed by atoms with E-state index in [1.54, 1.807) is 13.1 Å². The van der Waals surface area contributed by atoms with Crippen LogP contribution in [-0.4, -0.2) is 46.5 Å². The van der Waals surface area contributed by atoms with Gasteiger partial charge in [0.05, 0.1) is 16.6 Å². The number of H-pyrrole nitrogens is 1. The number of halogens is 1. The van der Waals surface area contributed by atoms with Gasteiger partial charge >= 0.3 is 0 Å². The van der Waals surface area contributed by atoms with Crippen LogP contribution in [-0.2, 0) is 18.3 Å². The number of pyridine rings is 1. The Balaban J connectivity index is 1.76. The first kappa shape index (κ1) is 23.9. The first-order valence-electron chi connectivity index (χ1n) is 11.7. The molecule has 0 radical (unpaired) electrons. The average molecular weight is 470 g/mol. The third-order valence-electron chi connectivity index (χ3n) is 6.75. The lowest BCUT2D eigenvalue weighted by Gasteiger charge is -2.37. The lowest BCUT2D eigenvalue weighted by atomic mass is 9.98. The number of nitrogens with zero attached hydrogens (tertiary/aromatic N) is 3. The van der Waals surface area contributed by atoms with E-state index in [1.165, 1.54) is 4.68 Å². The minimum atomic E-state index is -0.546. The van der Waals surface area contributed by atoms with Crippen molar-refractivity contribution < 1.29 is 13.9 Å². The zero-order chi connectivity index (χ0) is 24.6. The van der Waals surface area contributed by atoms with E-state index in [-0.39, 0.29) is 24.1 Å². The molecule has 1 fully saturated rings. The Morgan fingerprint density at radius 3 is 2.65 bits per heavy atom. The molecule has 0 spiro atoms. The van der Waals surface area contributed by atoms with Crippen LogP contribution in [0.4, 0.5) is 10.1 Å². The van der Waals surface area contributed by atoms with Crippen molar-refractivity contribution in [1.82, 2.24) is 20.1 Å². The van der Waals surface area contributed by atoms with Crippen molar-refractivity contribution in [3.05, 3.63) is 56.4 Å². The van der Waals surface area contributed by atoms with Crippen LogP contribution in [0.5, 0.6) is 0 Å². The first-order valence-corrected chi connectivity index (χ1v) is 11.7. The second-order valence-electron chi connectivity index (χ2n) is 8.96. The number of fused-ring (bicyclic) bond motifs is 1. The van der Waals surface area contributed by atoms with Crippen LogP contribution in [0.3, 0.4) is 0 Å². The van der Waals surface area contributed by atoms with Gasteiger partial charge in [-0.1, -0.05) is 0 Å². The van der Waals surface area contributed by atoms with E-state index in [0.717, 1.165) is 24.1 Å². The zero-order valence-corrected chi connectivity index (χ0v) is 20.4. The predicted octanol–water partition coefficient (Wildman–Crippen LogP) is 3.26. The van der Waals surface area contributed by atoms with Gasteiger partial charge < -0.3 is 19.9 Å². The van der Waals surface area contributed by atoms with Gasteiger partial charge in [-0.2, -0.15) is 4.39 Å². The molecular weight excluding hydrogens is 437 g/mol. The summed E-state index contributed by atoms with van der Waals surface area (Å²) < 4.78 is 22.0. The fourth-order valence-electron chi connectivity index (χ4n) is 5.00. The van der Waals surface area contributed by atoms with E-state index in [0.29, 0.717) is 53.0 Å². The van der Waals surface area contributed by atoms with Crippen LogP contribution in [0, 0.1) is 26.7 Å². The summed E-state index contributed by atoms with van der Waals surface area (Å²) >= 11 is 0. The number of benzene rings is 1. The Labute approximate surface area is 198 Å². The van der Waals surface area contributed by atoms with Gasteiger partial charge in [-0.3, -0.25) is 14.3 Å². The summed E-state index contributed by atoms with van der Waals surface area (Å²) in [6.07, 6.45) is 1.67. The number of carbonyl (C=O) groups is 1. The molecule has 1 aliphatic heterocycles. The van der Waals surface area contributed by atoms with Gasteiger partial charge in [0.1, 0.15) is 0 Å². The van der Waals surface area contributed by atoms with E-state index in [4.69, 9.17) is 4.74 Å². The Morgan fingerprint density at radius 1 is 1.29 bits per heavy atom. The lowest BCUT2D eigenvalue weighted by molar-refractivity contribution is 0.0846. The van der Waals surface area contributed by atoms with Gasteiger partial charge in [0, 0.05) is 56.2 Å². The van der Waals surface area contributed by atoms with Crippen LogP contribution in [0.25, 0.3) is 10.9 Å². The fraction of sp³-hybridized carbons (Fsp3) is 0.480. The number of ether oxygens (including phenoxy) is 1. The van der Waals surface area contributed by atoms with Gasteiger partial charge in [0.2, 0.25) is 5.95 Å². The van der Waals surface area contributed by atoms with Crippen molar-refractivity contribution in [3.63, 3.8) is 0 Å². The van der Waals surface area contributed by atoms with Crippen LogP contribution in [0.15, 0.2) is 16.9 Å². The molecule has 0 saturated carbocycles. The van der Waals surface area contributed by atoms with Crippen LogP contribution >= 0.6 is 0 Å². The van der Waals surface area contributed by atoms with Crippen molar-refractivity contribution in [1.29, 1.82) is 0 Å². The molecule has 3 aromatic rings. The van der Waals surface area contributed by atoms with Gasteiger partial charge in [-0.25, -0.2) is 0 Å². The lowest BCUT2D eigenvalue weighted by Crippen LogP contribution is -2.40. The molecule has 1 aliphatic rings. The molecule has 0 aliphatic carbocycles. The second-order valence-corrected chi connectivity index (χ2v) is 8.96. The molecule has 0 bridgehead atoms. The van der Waals surface area contributed by atoms with E-state index in [2.05, 4.69) is 20.3 Å². The molecule has 3 heterocycles. The number of nitrogens with one attached hydrogen (secondary N) is 2. The predicted molar refractivity (Wildman–Crippen MR) is 130 cm³/mol. The number of aromatic nitrogens is 3. The number of aromatic amines is 1. The van der Waals surface area contributed by atoms with Crippen molar-refractivity contribution in [2.75, 3.05) is 24.7 Å². The molecule has 8 nitrogen and oxygen atoms in total. The summed E-state index contributed by atoms with van der Waals surface area (Å²) in [5, 5.41) is 7.32. The highest BCUT2D eigenvalue weighted by Gasteiger charge is 2.29. The van der Waals surface area contributed by atoms with E-state index >= 15 is 4.39 Å². The highest BCUT2D eigenvalue weighted by Crippen LogP contribution is 2.37. The standard InChI is InChI=1S/C25H32FN5O3/c1-6-31(17-7-9-34-10-8-17)22-16(4)18(12-20-21(22)23(26)29-30(20)5)24(32)27-13-19-14(2)11-15(3)28-25(19)33/h11-12,17H,6-10,13H2,1-5H3,(H,27,32)(H,28,33). The molecule has 0 atom stereocenters. The number of aryl methyl sites for hydroxylation is 3. The number of hydrogen-bond donors (Lipinski definition) is 2. The Kier molecular flexibility index (Phi) is 6.74. The zero-order valence-electron chi connectivity index (χ0n) is 20.4. The molecule has 1 aromatic carbocycles. The number of hydrogen-bond acceptors (Lipinski definition) is 5. The smallest absolute Gasteiger partial charge is 0.253 e. The number of anilines is 1. The van der Waals surface area contributed by atoms with Crippen LogP contribution in [0.2, 0.25) is 0 Å². The number of rotatable bonds is 6. The quantitative estimate of drug-likeness (QED) is 0.578. The summed E-state index contributed by atoms with van der Waals surface area (Å²) in [7, 11) is 1.67. The van der Waals surface area contributed by atoms with Gasteiger partial charge in [-0.05, 0) is 63.8 Å². The minimum absolute atomic E-state index is 0.101. The maximum atomic E-state index is 15.0. The number of carbonyl (C=O) groups excluding carboxylic acids is 1. The summed E-state index contributed by atoms with van der Waals surface area (Å²) in [5.74, 6) is -0.862. The minimum Gasteiger partial charge on any atom is -0.381 e. The van der Waals surface area contributed by atoms with Gasteiger partial charge in [0.15, 0.2) is 0 Å². The summed E-state index contributed by atoms with van der Waals surface area (Å²) in [6.45, 7) is 9.64. The summed E-state index contributed by atoms with van der Waals surface area (Å²) in [6, 6.07) is 3.75. The molecule has 1 amide bonds. The molecule has 2 N–H and O–H groups in total. The monoisotopic (exact) mass is 469 g/mol. The van der Waals surface area contributed by atoms with Gasteiger partial charge in [-0.15, -0.1) is 5.10 Å². The highest BCUT2D eigenvalue weighted by atomic mass is 19.1. The normalized spacial score (nSPS) is 14.5. The van der Waals surface area contributed by atoms with Crippen molar-refractivity contribution in [2.24, 2.45) is 7.05 Å². The van der Waals surface area contributed by atoms with E-state index < -0.39 is 5.95 Å². The maximum Gasteiger partial charge on any atom is 0.253 e. The Hall–Kier alpha value is -3.20. The highest BCUT2D eigenvalue weighted by molar-refractivity contribution is 6.05. The summed E-state index contributed by atoms with van der Waals surface area (Å²) in [5.41, 5.74) is 4.29. The Bertz CT molecular complexity index is 1290. The average Bonchev–Trinajstić information content (AvgIpc) is 3.08. The molecule has 182 valence electrons. The molecule has 2 aromatic heterocycles. The second kappa shape index (κ2) is 9.58. The Morgan fingerprint density at radius 2 is 2.00 bits per heavy atom. The summed E-state index contributed by atoms with van der Waals surface area (Å²) in [4.78, 5) is 30.7. The third kappa shape index (κ3) is 4.32. The maximum absolute atomic E-state index is 15.0. The topological polar surface area (TPSA) is 92.3 Å². The molecule has 4 rings (SSSR count). The third-order valence-corrected chi connectivity index (χ3v) is 6.75. The van der Waals surface area contributed by atoms with E-state index in [1.807, 2.05) is 33.8 Å². The van der Waals surface area contributed by atoms with Crippen molar-refractivity contribution in [2.45, 2.75) is 53.1 Å². The van der Waals surface area contributed by atoms with E-state index in [9.17, 15) is 9.59 Å². The molecular formula is C25H32FN5O3. The van der Waals surface area contributed by atoms with Crippen LogP contribution < -0.4 is 15.8 Å². The number of amides is 1. The van der Waals surface area contributed by atoms with Crippen molar-refractivity contribution in [3.8, 4) is 0 Å². The first-order chi connectivity index (χ1) is 16.2. The largest absolute Gasteiger partial charge is 0.381 e. The van der Waals surface area contributed by atoms with Crippen LogP contribution in [0.1, 0.15) is 52.5 Å². The van der Waals surface area contributed by atoms with Gasteiger partial charge in [0.25, 0.3) is 11.5 Å². The molecule has 34 heavy (non-hydrogen) atoms. The SMILES string of the molecule is CCN(c1c(C)c(C(=O)NCc2c(C)cc(C)[nH]c2=O)cc2c1c(F)nn2C)C1CCOCC1. The molecule has 9 heteroatoms.